The van der Waals surface area contributed by atoms with Crippen LogP contribution in [0.2, 0.25) is 0 Å². The maximum Gasteiger partial charge on any atom is 0.118 e. The number of hydrogen-bond acceptors (Lipinski definition) is 5. The molecular weight excluding hydrogens is 344 g/mol. The quantitative estimate of drug-likeness (QED) is 0.417. The lowest BCUT2D eigenvalue weighted by Gasteiger charge is -2.05. The van der Waals surface area contributed by atoms with Crippen LogP contribution in [-0.4, -0.2) is 37.2 Å². The molecule has 2 nitrogen and oxygen atoms in total. The normalized spacial score (nSPS) is 10.5. The molecule has 0 aliphatic carbocycles. The Morgan fingerprint density at radius 1 is 0.609 bits per heavy atom. The van der Waals surface area contributed by atoms with Crippen molar-refractivity contribution in [3.8, 4) is 11.5 Å². The van der Waals surface area contributed by atoms with Gasteiger partial charge in [0.15, 0.2) is 0 Å². The van der Waals surface area contributed by atoms with E-state index < -0.39 is 0 Å². The highest BCUT2D eigenvalue weighted by molar-refractivity contribution is 8.04. The summed E-state index contributed by atoms with van der Waals surface area (Å²) < 4.78 is 10.3. The van der Waals surface area contributed by atoms with E-state index >= 15 is 0 Å². The second-order valence-electron chi connectivity index (χ2n) is 4.66. The van der Waals surface area contributed by atoms with Gasteiger partial charge in [0.05, 0.1) is 14.2 Å². The molecule has 0 fully saturated rings. The Hall–Kier alpha value is -0.910. The van der Waals surface area contributed by atoms with Gasteiger partial charge in [-0.15, -0.1) is 23.5 Å². The first kappa shape index (κ1) is 18.4. The molecular formula is C18H22O2S3. The minimum Gasteiger partial charge on any atom is -0.497 e. The van der Waals surface area contributed by atoms with Crippen LogP contribution in [0, 0.1) is 0 Å². The predicted molar refractivity (Wildman–Crippen MR) is 105 cm³/mol. The Kier molecular flexibility index (Phi) is 8.64. The molecule has 2 rings (SSSR count). The van der Waals surface area contributed by atoms with Crippen LogP contribution in [0.1, 0.15) is 0 Å². The topological polar surface area (TPSA) is 18.5 Å². The lowest BCUT2D eigenvalue weighted by Crippen LogP contribution is -1.90. The Labute approximate surface area is 151 Å². The first-order valence-electron chi connectivity index (χ1n) is 7.43. The highest BCUT2D eigenvalue weighted by atomic mass is 32.2. The molecule has 0 aliphatic rings. The summed E-state index contributed by atoms with van der Waals surface area (Å²) in [6.07, 6.45) is 0. The fraction of sp³-hybridized carbons (Fsp3) is 0.333. The fourth-order valence-electron chi connectivity index (χ4n) is 1.88. The summed E-state index contributed by atoms with van der Waals surface area (Å²) in [7, 11) is 3.39. The van der Waals surface area contributed by atoms with Gasteiger partial charge in [-0.05, 0) is 48.5 Å². The molecule has 0 atom stereocenters. The molecule has 0 saturated carbocycles. The summed E-state index contributed by atoms with van der Waals surface area (Å²) in [4.78, 5) is 2.61. The molecule has 0 aromatic heterocycles. The number of thioether (sulfide) groups is 3. The molecule has 0 unspecified atom stereocenters. The van der Waals surface area contributed by atoms with Gasteiger partial charge in [0, 0.05) is 32.8 Å². The van der Waals surface area contributed by atoms with Crippen LogP contribution < -0.4 is 9.47 Å². The van der Waals surface area contributed by atoms with Crippen molar-refractivity contribution >= 4 is 35.3 Å². The van der Waals surface area contributed by atoms with Crippen molar-refractivity contribution in [3.63, 3.8) is 0 Å². The summed E-state index contributed by atoms with van der Waals surface area (Å²) in [5, 5.41) is 0. The Bertz CT molecular complexity index is 504. The summed E-state index contributed by atoms with van der Waals surface area (Å²) in [6, 6.07) is 16.5. The van der Waals surface area contributed by atoms with Crippen LogP contribution in [-0.2, 0) is 0 Å². The van der Waals surface area contributed by atoms with Crippen LogP contribution in [0.25, 0.3) is 0 Å². The van der Waals surface area contributed by atoms with Gasteiger partial charge in [0.2, 0.25) is 0 Å². The van der Waals surface area contributed by atoms with E-state index in [9.17, 15) is 0 Å². The van der Waals surface area contributed by atoms with E-state index in [2.05, 4.69) is 24.3 Å². The molecule has 0 spiro atoms. The minimum absolute atomic E-state index is 0.916. The molecule has 2 aromatic carbocycles. The van der Waals surface area contributed by atoms with Gasteiger partial charge >= 0.3 is 0 Å². The van der Waals surface area contributed by atoms with Gasteiger partial charge in [0.1, 0.15) is 11.5 Å². The highest BCUT2D eigenvalue weighted by Gasteiger charge is 1.98. The third kappa shape index (κ3) is 7.02. The smallest absolute Gasteiger partial charge is 0.118 e. The van der Waals surface area contributed by atoms with E-state index in [4.69, 9.17) is 9.47 Å². The zero-order valence-corrected chi connectivity index (χ0v) is 15.9. The lowest BCUT2D eigenvalue weighted by molar-refractivity contribution is 0.414. The van der Waals surface area contributed by atoms with Gasteiger partial charge in [-0.1, -0.05) is 0 Å². The largest absolute Gasteiger partial charge is 0.497 e. The predicted octanol–water partition coefficient (Wildman–Crippen LogP) is 5.32. The maximum absolute atomic E-state index is 5.17. The van der Waals surface area contributed by atoms with E-state index in [1.54, 1.807) is 14.2 Å². The molecule has 2 aromatic rings. The maximum atomic E-state index is 5.17. The first-order valence-corrected chi connectivity index (χ1v) is 10.6. The number of ether oxygens (including phenoxy) is 2. The Morgan fingerprint density at radius 3 is 1.35 bits per heavy atom. The van der Waals surface area contributed by atoms with Crippen LogP contribution in [0.4, 0.5) is 0 Å². The molecule has 5 heteroatoms. The zero-order chi connectivity index (χ0) is 16.3. The molecule has 23 heavy (non-hydrogen) atoms. The fourth-order valence-corrected chi connectivity index (χ4v) is 4.82. The number of rotatable bonds is 10. The third-order valence-electron chi connectivity index (χ3n) is 3.11. The highest BCUT2D eigenvalue weighted by Crippen LogP contribution is 2.24. The molecule has 0 saturated heterocycles. The number of benzene rings is 2. The monoisotopic (exact) mass is 366 g/mol. The molecule has 0 aliphatic heterocycles. The van der Waals surface area contributed by atoms with Crippen molar-refractivity contribution in [3.05, 3.63) is 48.5 Å². The second-order valence-corrected chi connectivity index (χ2v) is 8.22. The number of methoxy groups -OCH3 is 2. The van der Waals surface area contributed by atoms with Gasteiger partial charge < -0.3 is 9.47 Å². The summed E-state index contributed by atoms with van der Waals surface area (Å²) >= 11 is 5.82. The van der Waals surface area contributed by atoms with Gasteiger partial charge in [0.25, 0.3) is 0 Å². The van der Waals surface area contributed by atoms with Crippen molar-refractivity contribution in [2.24, 2.45) is 0 Å². The summed E-state index contributed by atoms with van der Waals surface area (Å²) in [5.74, 6) is 6.48. The third-order valence-corrected chi connectivity index (χ3v) is 6.64. The molecule has 0 heterocycles. The SMILES string of the molecule is COc1ccc(SCCSCCSc2ccc(OC)cc2)cc1. The molecule has 124 valence electrons. The van der Waals surface area contributed by atoms with E-state index in [1.807, 2.05) is 59.6 Å². The average molecular weight is 367 g/mol. The van der Waals surface area contributed by atoms with Crippen molar-refractivity contribution in [1.29, 1.82) is 0 Å². The van der Waals surface area contributed by atoms with Crippen molar-refractivity contribution < 1.29 is 9.47 Å². The van der Waals surface area contributed by atoms with Gasteiger partial charge in [-0.3, -0.25) is 0 Å². The van der Waals surface area contributed by atoms with Crippen LogP contribution in [0.3, 0.4) is 0 Å². The second kappa shape index (κ2) is 10.8. The van der Waals surface area contributed by atoms with Crippen LogP contribution in [0.15, 0.2) is 58.3 Å². The van der Waals surface area contributed by atoms with E-state index in [0.29, 0.717) is 0 Å². The molecule has 0 radical (unpaired) electrons. The first-order chi connectivity index (χ1) is 11.3. The number of hydrogen-bond donors (Lipinski definition) is 0. The zero-order valence-electron chi connectivity index (χ0n) is 13.5. The molecule has 0 N–H and O–H groups in total. The van der Waals surface area contributed by atoms with Crippen LogP contribution in [0.5, 0.6) is 11.5 Å². The summed E-state index contributed by atoms with van der Waals surface area (Å²) in [6.45, 7) is 0. The van der Waals surface area contributed by atoms with Crippen molar-refractivity contribution in [1.82, 2.24) is 0 Å². The average Bonchev–Trinajstić information content (AvgIpc) is 2.62. The molecule has 0 bridgehead atoms. The summed E-state index contributed by atoms with van der Waals surface area (Å²) in [5.41, 5.74) is 0. The Balaban J connectivity index is 1.53. The van der Waals surface area contributed by atoms with Crippen molar-refractivity contribution in [2.75, 3.05) is 37.2 Å². The molecule has 0 amide bonds. The van der Waals surface area contributed by atoms with Gasteiger partial charge in [-0.2, -0.15) is 11.8 Å². The van der Waals surface area contributed by atoms with Crippen LogP contribution >= 0.6 is 35.3 Å². The Morgan fingerprint density at radius 2 is 1.00 bits per heavy atom. The van der Waals surface area contributed by atoms with E-state index in [0.717, 1.165) is 23.0 Å². The van der Waals surface area contributed by atoms with E-state index in [-0.39, 0.29) is 0 Å². The standard InChI is InChI=1S/C18H22O2S3/c1-19-15-3-7-17(8-4-15)22-13-11-21-12-14-23-18-9-5-16(20-2)6-10-18/h3-10H,11-14H2,1-2H3. The van der Waals surface area contributed by atoms with Crippen molar-refractivity contribution in [2.45, 2.75) is 9.79 Å². The lowest BCUT2D eigenvalue weighted by atomic mass is 10.3. The minimum atomic E-state index is 0.916. The van der Waals surface area contributed by atoms with E-state index in [1.165, 1.54) is 21.3 Å². The van der Waals surface area contributed by atoms with Gasteiger partial charge in [-0.25, -0.2) is 0 Å².